The molecular weight excluding hydrogens is 206 g/mol. The maximum Gasteiger partial charge on any atom is 0.0658 e. The Balaban J connectivity index is 2.44. The Morgan fingerprint density at radius 2 is 2.27 bits per heavy atom. The fourth-order valence-corrected chi connectivity index (χ4v) is 2.76. The van der Waals surface area contributed by atoms with E-state index in [-0.39, 0.29) is 6.04 Å². The van der Waals surface area contributed by atoms with E-state index in [2.05, 4.69) is 35.0 Å². The third kappa shape index (κ3) is 2.04. The smallest absolute Gasteiger partial charge is 0.0658 e. The van der Waals surface area contributed by atoms with Crippen molar-refractivity contribution in [1.29, 1.82) is 0 Å². The van der Waals surface area contributed by atoms with Gasteiger partial charge in [-0.25, -0.2) is 0 Å². The molecule has 2 rings (SSSR count). The number of ether oxygens (including phenoxy) is 1. The first kappa shape index (κ1) is 10.6. The van der Waals surface area contributed by atoms with Crippen LogP contribution in [-0.4, -0.2) is 20.8 Å². The predicted molar refractivity (Wildman–Crippen MR) is 65.5 cm³/mol. The Kier molecular flexibility index (Phi) is 3.36. The van der Waals surface area contributed by atoms with Crippen molar-refractivity contribution in [3.05, 3.63) is 35.2 Å². The molecule has 1 aromatic heterocycles. The molecule has 1 N–H and O–H groups in total. The molecule has 2 aromatic rings. The second-order valence-electron chi connectivity index (χ2n) is 3.48. The predicted octanol–water partition coefficient (Wildman–Crippen LogP) is 2.81. The van der Waals surface area contributed by atoms with Gasteiger partial charge in [-0.1, -0.05) is 18.2 Å². The molecule has 0 radical (unpaired) electrons. The monoisotopic (exact) mass is 221 g/mol. The van der Waals surface area contributed by atoms with Crippen molar-refractivity contribution in [2.24, 2.45) is 0 Å². The van der Waals surface area contributed by atoms with E-state index in [1.54, 1.807) is 18.4 Å². The number of methoxy groups -OCH3 is 1. The van der Waals surface area contributed by atoms with Gasteiger partial charge >= 0.3 is 0 Å². The third-order valence-corrected chi connectivity index (χ3v) is 3.55. The van der Waals surface area contributed by atoms with E-state index in [4.69, 9.17) is 4.74 Å². The Labute approximate surface area is 93.9 Å². The highest BCUT2D eigenvalue weighted by molar-refractivity contribution is 7.17. The normalized spacial score (nSPS) is 13.2. The lowest BCUT2D eigenvalue weighted by atomic mass is 10.1. The number of thiophene rings is 1. The van der Waals surface area contributed by atoms with Crippen molar-refractivity contribution >= 4 is 21.4 Å². The lowest BCUT2D eigenvalue weighted by molar-refractivity contribution is 0.171. The molecule has 1 unspecified atom stereocenters. The highest BCUT2D eigenvalue weighted by Gasteiger charge is 2.12. The van der Waals surface area contributed by atoms with Gasteiger partial charge in [0.25, 0.3) is 0 Å². The molecule has 0 aliphatic heterocycles. The zero-order valence-electron chi connectivity index (χ0n) is 8.99. The first-order valence-corrected chi connectivity index (χ1v) is 5.87. The number of likely N-dealkylation sites (N-methyl/N-ethyl adjacent to an activating group) is 1. The van der Waals surface area contributed by atoms with Crippen LogP contribution in [0.2, 0.25) is 0 Å². The maximum absolute atomic E-state index is 5.22. The van der Waals surface area contributed by atoms with Crippen LogP contribution in [0.15, 0.2) is 29.6 Å². The average molecular weight is 221 g/mol. The summed E-state index contributed by atoms with van der Waals surface area (Å²) in [5.74, 6) is 0. The van der Waals surface area contributed by atoms with Gasteiger partial charge in [-0.2, -0.15) is 0 Å². The second kappa shape index (κ2) is 4.75. The van der Waals surface area contributed by atoms with Crippen molar-refractivity contribution in [1.82, 2.24) is 5.32 Å². The molecule has 0 aliphatic carbocycles. The minimum atomic E-state index is 0.275. The van der Waals surface area contributed by atoms with Crippen molar-refractivity contribution in [2.75, 3.05) is 20.8 Å². The SMILES string of the molecule is CNC(COC)c1cccc2ccsc12. The van der Waals surface area contributed by atoms with Gasteiger partial charge in [0.15, 0.2) is 0 Å². The second-order valence-corrected chi connectivity index (χ2v) is 4.40. The van der Waals surface area contributed by atoms with E-state index < -0.39 is 0 Å². The summed E-state index contributed by atoms with van der Waals surface area (Å²) in [5.41, 5.74) is 1.33. The van der Waals surface area contributed by atoms with Crippen LogP contribution in [0.25, 0.3) is 10.1 Å². The minimum Gasteiger partial charge on any atom is -0.383 e. The van der Waals surface area contributed by atoms with Crippen LogP contribution >= 0.6 is 11.3 Å². The topological polar surface area (TPSA) is 21.3 Å². The third-order valence-electron chi connectivity index (χ3n) is 2.57. The molecule has 0 fully saturated rings. The first-order valence-electron chi connectivity index (χ1n) is 4.99. The lowest BCUT2D eigenvalue weighted by Crippen LogP contribution is -2.21. The van der Waals surface area contributed by atoms with E-state index in [0.29, 0.717) is 6.61 Å². The maximum atomic E-state index is 5.22. The Morgan fingerprint density at radius 1 is 1.40 bits per heavy atom. The fraction of sp³-hybridized carbons (Fsp3) is 0.333. The van der Waals surface area contributed by atoms with E-state index in [1.807, 2.05) is 7.05 Å². The Morgan fingerprint density at radius 3 is 3.00 bits per heavy atom. The molecule has 0 saturated heterocycles. The summed E-state index contributed by atoms with van der Waals surface area (Å²) in [6.07, 6.45) is 0. The van der Waals surface area contributed by atoms with Gasteiger partial charge in [-0.05, 0) is 29.4 Å². The zero-order valence-corrected chi connectivity index (χ0v) is 9.80. The van der Waals surface area contributed by atoms with Gasteiger partial charge in [0.1, 0.15) is 0 Å². The van der Waals surface area contributed by atoms with Crippen LogP contribution in [0.5, 0.6) is 0 Å². The Hall–Kier alpha value is -0.900. The number of hydrogen-bond donors (Lipinski definition) is 1. The lowest BCUT2D eigenvalue weighted by Gasteiger charge is -2.16. The average Bonchev–Trinajstić information content (AvgIpc) is 2.73. The van der Waals surface area contributed by atoms with Crippen LogP contribution in [0.3, 0.4) is 0 Å². The number of hydrogen-bond acceptors (Lipinski definition) is 3. The molecule has 0 spiro atoms. The summed E-state index contributed by atoms with van der Waals surface area (Å²) in [6, 6.07) is 8.85. The van der Waals surface area contributed by atoms with Crippen molar-refractivity contribution in [2.45, 2.75) is 6.04 Å². The summed E-state index contributed by atoms with van der Waals surface area (Å²) < 4.78 is 6.57. The molecule has 3 heteroatoms. The summed E-state index contributed by atoms with van der Waals surface area (Å²) in [5, 5.41) is 6.73. The zero-order chi connectivity index (χ0) is 10.7. The van der Waals surface area contributed by atoms with Crippen molar-refractivity contribution in [3.63, 3.8) is 0 Å². The van der Waals surface area contributed by atoms with Gasteiger partial charge in [-0.3, -0.25) is 0 Å². The molecule has 1 atom stereocenters. The molecule has 1 aromatic carbocycles. The number of fused-ring (bicyclic) bond motifs is 1. The molecule has 0 aliphatic rings. The van der Waals surface area contributed by atoms with Gasteiger partial charge in [0.05, 0.1) is 12.6 Å². The molecule has 0 amide bonds. The number of nitrogens with one attached hydrogen (secondary N) is 1. The first-order chi connectivity index (χ1) is 7.36. The van der Waals surface area contributed by atoms with E-state index >= 15 is 0 Å². The highest BCUT2D eigenvalue weighted by atomic mass is 32.1. The number of benzene rings is 1. The van der Waals surface area contributed by atoms with E-state index in [0.717, 1.165) is 0 Å². The standard InChI is InChI=1S/C12H15NOS/c1-13-11(8-14-2)10-5-3-4-9-6-7-15-12(9)10/h3-7,11,13H,8H2,1-2H3. The summed E-state index contributed by atoms with van der Waals surface area (Å²) in [4.78, 5) is 0. The van der Waals surface area contributed by atoms with Crippen molar-refractivity contribution < 1.29 is 4.74 Å². The summed E-state index contributed by atoms with van der Waals surface area (Å²) in [7, 11) is 3.70. The van der Waals surface area contributed by atoms with Gasteiger partial charge < -0.3 is 10.1 Å². The molecule has 1 heterocycles. The Bertz CT molecular complexity index is 438. The summed E-state index contributed by atoms with van der Waals surface area (Å²) >= 11 is 1.79. The fourth-order valence-electron chi connectivity index (χ4n) is 1.79. The van der Waals surface area contributed by atoms with Crippen LogP contribution in [0.1, 0.15) is 11.6 Å². The molecule has 0 bridgehead atoms. The quantitative estimate of drug-likeness (QED) is 0.857. The summed E-state index contributed by atoms with van der Waals surface area (Å²) in [6.45, 7) is 0.702. The van der Waals surface area contributed by atoms with Gasteiger partial charge in [-0.15, -0.1) is 11.3 Å². The van der Waals surface area contributed by atoms with Crippen LogP contribution < -0.4 is 5.32 Å². The van der Waals surface area contributed by atoms with Crippen LogP contribution in [0, 0.1) is 0 Å². The van der Waals surface area contributed by atoms with Gasteiger partial charge in [0, 0.05) is 11.8 Å². The van der Waals surface area contributed by atoms with E-state index in [9.17, 15) is 0 Å². The molecular formula is C12H15NOS. The highest BCUT2D eigenvalue weighted by Crippen LogP contribution is 2.28. The minimum absolute atomic E-state index is 0.275. The number of rotatable bonds is 4. The van der Waals surface area contributed by atoms with Crippen LogP contribution in [0.4, 0.5) is 0 Å². The van der Waals surface area contributed by atoms with Crippen LogP contribution in [-0.2, 0) is 4.74 Å². The van der Waals surface area contributed by atoms with Crippen molar-refractivity contribution in [3.8, 4) is 0 Å². The van der Waals surface area contributed by atoms with Gasteiger partial charge in [0.2, 0.25) is 0 Å². The molecule has 80 valence electrons. The van der Waals surface area contributed by atoms with E-state index in [1.165, 1.54) is 15.6 Å². The largest absolute Gasteiger partial charge is 0.383 e. The molecule has 15 heavy (non-hydrogen) atoms. The molecule has 2 nitrogen and oxygen atoms in total. The molecule has 0 saturated carbocycles.